The molecule has 31 heavy (non-hydrogen) atoms. The van der Waals surface area contributed by atoms with Gasteiger partial charge in [0, 0.05) is 34.1 Å². The molecule has 0 aliphatic carbocycles. The molecule has 0 bridgehead atoms. The maximum Gasteiger partial charge on any atom is 0.416 e. The SMILES string of the molecule is CCSc1c(C(=O)Cc2cc(C(F)(F)F)ccc2NC)sc2cc(C(F)(F)F)ccc12. The largest absolute Gasteiger partial charge is 0.416 e. The van der Waals surface area contributed by atoms with Crippen molar-refractivity contribution in [3.05, 3.63) is 58.0 Å². The zero-order chi connectivity index (χ0) is 23.0. The van der Waals surface area contributed by atoms with E-state index in [0.717, 1.165) is 35.6 Å². The van der Waals surface area contributed by atoms with E-state index < -0.39 is 29.3 Å². The smallest absolute Gasteiger partial charge is 0.388 e. The quantitative estimate of drug-likeness (QED) is 0.226. The zero-order valence-electron chi connectivity index (χ0n) is 16.4. The first-order valence-electron chi connectivity index (χ1n) is 9.13. The van der Waals surface area contributed by atoms with E-state index in [1.165, 1.54) is 30.9 Å². The predicted molar refractivity (Wildman–Crippen MR) is 112 cm³/mol. The summed E-state index contributed by atoms with van der Waals surface area (Å²) in [6.45, 7) is 1.85. The molecule has 0 radical (unpaired) electrons. The lowest BCUT2D eigenvalue weighted by molar-refractivity contribution is -0.138. The topological polar surface area (TPSA) is 29.1 Å². The number of hydrogen-bond donors (Lipinski definition) is 1. The summed E-state index contributed by atoms with van der Waals surface area (Å²) in [7, 11) is 1.53. The minimum Gasteiger partial charge on any atom is -0.388 e. The standard InChI is InChI=1S/C21H17F6NOS2/c1-3-30-18-14-6-4-13(21(25,26)27)10-17(14)31-19(18)16(29)9-11-8-12(20(22,23)24)5-7-15(11)28-2/h4-8,10,28H,3,9H2,1-2H3. The van der Waals surface area contributed by atoms with Crippen molar-refractivity contribution in [1.82, 2.24) is 0 Å². The third kappa shape index (κ3) is 5.01. The Labute approximate surface area is 182 Å². The van der Waals surface area contributed by atoms with Crippen LogP contribution < -0.4 is 5.32 Å². The monoisotopic (exact) mass is 477 g/mol. The van der Waals surface area contributed by atoms with Gasteiger partial charge in [0.05, 0.1) is 16.0 Å². The minimum absolute atomic E-state index is 0.170. The highest BCUT2D eigenvalue weighted by Gasteiger charge is 2.32. The molecule has 2 aromatic carbocycles. The Bertz CT molecular complexity index is 1120. The molecule has 0 amide bonds. The second-order valence-electron chi connectivity index (χ2n) is 6.62. The van der Waals surface area contributed by atoms with E-state index in [4.69, 9.17) is 0 Å². The molecule has 1 aromatic heterocycles. The first kappa shape index (κ1) is 23.5. The molecule has 10 heteroatoms. The number of ketones is 1. The van der Waals surface area contributed by atoms with Gasteiger partial charge in [0.2, 0.25) is 0 Å². The highest BCUT2D eigenvalue weighted by Crippen LogP contribution is 2.42. The molecular weight excluding hydrogens is 460 g/mol. The third-order valence-corrected chi connectivity index (χ3v) is 6.89. The van der Waals surface area contributed by atoms with Crippen LogP contribution in [0.25, 0.3) is 10.1 Å². The number of thioether (sulfide) groups is 1. The number of thiophene rings is 1. The second-order valence-corrected chi connectivity index (χ2v) is 8.95. The molecule has 0 unspecified atom stereocenters. The highest BCUT2D eigenvalue weighted by atomic mass is 32.2. The number of alkyl halides is 6. The van der Waals surface area contributed by atoms with Gasteiger partial charge in [-0.05, 0) is 41.6 Å². The average molecular weight is 477 g/mol. The number of rotatable bonds is 6. The maximum atomic E-state index is 13.1. The van der Waals surface area contributed by atoms with E-state index in [9.17, 15) is 31.1 Å². The van der Waals surface area contributed by atoms with Crippen molar-refractivity contribution in [2.75, 3.05) is 18.1 Å². The van der Waals surface area contributed by atoms with Crippen molar-refractivity contribution in [3.8, 4) is 0 Å². The van der Waals surface area contributed by atoms with Gasteiger partial charge in [0.15, 0.2) is 5.78 Å². The average Bonchev–Trinajstić information content (AvgIpc) is 3.05. The van der Waals surface area contributed by atoms with Crippen LogP contribution in [0.2, 0.25) is 0 Å². The number of halogens is 6. The normalized spacial score (nSPS) is 12.4. The summed E-state index contributed by atoms with van der Waals surface area (Å²) >= 11 is 2.25. The van der Waals surface area contributed by atoms with E-state index in [1.54, 1.807) is 0 Å². The maximum absolute atomic E-state index is 13.1. The summed E-state index contributed by atoms with van der Waals surface area (Å²) in [6.07, 6.45) is -9.38. The molecule has 0 aliphatic heterocycles. The van der Waals surface area contributed by atoms with Gasteiger partial charge in [-0.15, -0.1) is 23.1 Å². The fraction of sp³-hybridized carbons (Fsp3) is 0.286. The summed E-state index contributed by atoms with van der Waals surface area (Å²) in [5, 5.41) is 3.31. The summed E-state index contributed by atoms with van der Waals surface area (Å²) in [5.41, 5.74) is -1.14. The number of carbonyl (C=O) groups is 1. The van der Waals surface area contributed by atoms with Crippen LogP contribution >= 0.6 is 23.1 Å². The van der Waals surface area contributed by atoms with Gasteiger partial charge in [-0.25, -0.2) is 0 Å². The van der Waals surface area contributed by atoms with E-state index in [1.807, 2.05) is 6.92 Å². The van der Waals surface area contributed by atoms with Crippen LogP contribution in [0.3, 0.4) is 0 Å². The number of carbonyl (C=O) groups excluding carboxylic acids is 1. The first-order chi connectivity index (χ1) is 14.5. The van der Waals surface area contributed by atoms with Gasteiger partial charge in [0.1, 0.15) is 0 Å². The molecule has 0 saturated heterocycles. The molecule has 0 spiro atoms. The third-order valence-electron chi connectivity index (χ3n) is 4.57. The van der Waals surface area contributed by atoms with Crippen molar-refractivity contribution < 1.29 is 31.1 Å². The summed E-state index contributed by atoms with van der Waals surface area (Å²) in [5.74, 6) is 0.139. The Morgan fingerprint density at radius 2 is 1.61 bits per heavy atom. The van der Waals surface area contributed by atoms with Crippen LogP contribution in [-0.4, -0.2) is 18.6 Å². The van der Waals surface area contributed by atoms with Crippen molar-refractivity contribution in [2.45, 2.75) is 30.6 Å². The van der Waals surface area contributed by atoms with Gasteiger partial charge in [-0.1, -0.05) is 13.0 Å². The van der Waals surface area contributed by atoms with Gasteiger partial charge in [0.25, 0.3) is 0 Å². The number of Topliss-reactive ketones (excluding diaryl/α,β-unsaturated/α-hetero) is 1. The first-order valence-corrected chi connectivity index (χ1v) is 10.9. The fourth-order valence-electron chi connectivity index (χ4n) is 3.13. The number of nitrogens with one attached hydrogen (secondary N) is 1. The van der Waals surface area contributed by atoms with E-state index >= 15 is 0 Å². The van der Waals surface area contributed by atoms with E-state index in [-0.39, 0.29) is 16.9 Å². The molecule has 0 aliphatic rings. The molecule has 1 N–H and O–H groups in total. The van der Waals surface area contributed by atoms with E-state index in [2.05, 4.69) is 5.32 Å². The fourth-order valence-corrected chi connectivity index (χ4v) is 5.44. The Morgan fingerprint density at radius 1 is 1.00 bits per heavy atom. The van der Waals surface area contributed by atoms with Crippen LogP contribution in [0.5, 0.6) is 0 Å². The van der Waals surface area contributed by atoms with Crippen LogP contribution in [0.15, 0.2) is 41.3 Å². The molecule has 0 fully saturated rings. The summed E-state index contributed by atoms with van der Waals surface area (Å²) < 4.78 is 78.8. The van der Waals surface area contributed by atoms with Gasteiger partial charge in [-0.2, -0.15) is 26.3 Å². The lowest BCUT2D eigenvalue weighted by atomic mass is 10.0. The Morgan fingerprint density at radius 3 is 2.19 bits per heavy atom. The molecule has 166 valence electrons. The molecule has 0 atom stereocenters. The van der Waals surface area contributed by atoms with Gasteiger partial charge < -0.3 is 5.32 Å². The van der Waals surface area contributed by atoms with Crippen molar-refractivity contribution >= 4 is 44.7 Å². The number of hydrogen-bond acceptors (Lipinski definition) is 4. The van der Waals surface area contributed by atoms with Crippen LogP contribution in [-0.2, 0) is 18.8 Å². The number of benzene rings is 2. The zero-order valence-corrected chi connectivity index (χ0v) is 18.0. The number of anilines is 1. The highest BCUT2D eigenvalue weighted by molar-refractivity contribution is 7.99. The van der Waals surface area contributed by atoms with Crippen LogP contribution in [0, 0.1) is 0 Å². The molecular formula is C21H17F6NOS2. The Kier molecular flexibility index (Phi) is 6.61. The molecule has 1 heterocycles. The molecule has 0 saturated carbocycles. The van der Waals surface area contributed by atoms with Crippen molar-refractivity contribution in [2.24, 2.45) is 0 Å². The Balaban J connectivity index is 2.05. The minimum atomic E-state index is -4.56. The lowest BCUT2D eigenvalue weighted by Crippen LogP contribution is -2.10. The second kappa shape index (κ2) is 8.74. The van der Waals surface area contributed by atoms with E-state index in [0.29, 0.717) is 26.4 Å². The van der Waals surface area contributed by atoms with Crippen molar-refractivity contribution in [1.29, 1.82) is 0 Å². The molecule has 3 rings (SSSR count). The van der Waals surface area contributed by atoms with Gasteiger partial charge in [-0.3, -0.25) is 4.79 Å². The predicted octanol–water partition coefficient (Wildman–Crippen LogP) is 7.52. The Hall–Kier alpha value is -2.20. The number of fused-ring (bicyclic) bond motifs is 1. The molecule has 2 nitrogen and oxygen atoms in total. The van der Waals surface area contributed by atoms with Crippen LogP contribution in [0.4, 0.5) is 32.0 Å². The summed E-state index contributed by atoms with van der Waals surface area (Å²) in [4.78, 5) is 13.9. The van der Waals surface area contributed by atoms with Crippen molar-refractivity contribution in [3.63, 3.8) is 0 Å². The summed E-state index contributed by atoms with van der Waals surface area (Å²) in [6, 6.07) is 6.41. The lowest BCUT2D eigenvalue weighted by Gasteiger charge is -2.13. The molecule has 3 aromatic rings. The van der Waals surface area contributed by atoms with Gasteiger partial charge >= 0.3 is 12.4 Å². The van der Waals surface area contributed by atoms with Crippen LogP contribution in [0.1, 0.15) is 33.3 Å².